The normalized spacial score (nSPS) is 12.3. The van der Waals surface area contributed by atoms with Gasteiger partial charge in [0.15, 0.2) is 5.78 Å². The third-order valence-corrected chi connectivity index (χ3v) is 4.59. The minimum absolute atomic E-state index is 0.113. The van der Waals surface area contributed by atoms with Crippen molar-refractivity contribution in [2.24, 2.45) is 0 Å². The van der Waals surface area contributed by atoms with Gasteiger partial charge in [-0.15, -0.1) is 0 Å². The fourth-order valence-corrected chi connectivity index (χ4v) is 3.21. The summed E-state index contributed by atoms with van der Waals surface area (Å²) >= 11 is 3.08. The van der Waals surface area contributed by atoms with E-state index >= 15 is 0 Å². The summed E-state index contributed by atoms with van der Waals surface area (Å²) in [5.41, 5.74) is 1.32. The Labute approximate surface area is 165 Å². The predicted octanol–water partition coefficient (Wildman–Crippen LogP) is 3.59. The first-order valence-corrected chi connectivity index (χ1v) is 9.65. The number of benzene rings is 2. The lowest BCUT2D eigenvalue weighted by Crippen LogP contribution is -2.24. The van der Waals surface area contributed by atoms with Crippen molar-refractivity contribution in [1.29, 1.82) is 0 Å². The smallest absolute Gasteiger partial charge is 0.235 e. The summed E-state index contributed by atoms with van der Waals surface area (Å²) in [6.45, 7) is 4.28. The molecule has 140 valence electrons. The number of hydrogen-bond donors (Lipinski definition) is 1. The van der Waals surface area contributed by atoms with Gasteiger partial charge in [0, 0.05) is 22.9 Å². The van der Waals surface area contributed by atoms with Crippen LogP contribution in [-0.2, 0) is 4.79 Å². The van der Waals surface area contributed by atoms with E-state index in [1.165, 1.54) is 6.07 Å². The van der Waals surface area contributed by atoms with Crippen LogP contribution in [0.25, 0.3) is 0 Å². The minimum Gasteiger partial charge on any atom is -0.493 e. The first kappa shape index (κ1) is 19.1. The van der Waals surface area contributed by atoms with E-state index in [1.807, 2.05) is 6.92 Å². The van der Waals surface area contributed by atoms with Gasteiger partial charge in [-0.3, -0.25) is 14.4 Å². The van der Waals surface area contributed by atoms with Crippen molar-refractivity contribution in [1.82, 2.24) is 0 Å². The molecule has 0 saturated carbocycles. The number of amides is 1. The van der Waals surface area contributed by atoms with Crippen molar-refractivity contribution in [2.45, 2.75) is 13.8 Å². The van der Waals surface area contributed by atoms with E-state index < -0.39 is 0 Å². The summed E-state index contributed by atoms with van der Waals surface area (Å²) in [5.74, 6) is -0.276. The number of fused-ring (bicyclic) bond motifs is 2. The molecule has 0 aliphatic heterocycles. The van der Waals surface area contributed by atoms with Crippen LogP contribution in [0.1, 0.15) is 45.7 Å². The second kappa shape index (κ2) is 7.92. The lowest BCUT2D eigenvalue weighted by atomic mass is 9.82. The number of ether oxygens (including phenoxy) is 2. The van der Waals surface area contributed by atoms with E-state index in [2.05, 4.69) is 21.2 Å². The van der Waals surface area contributed by atoms with Crippen LogP contribution in [-0.4, -0.2) is 36.0 Å². The molecule has 1 amide bonds. The molecule has 0 bridgehead atoms. The Morgan fingerprint density at radius 2 is 1.63 bits per heavy atom. The van der Waals surface area contributed by atoms with Crippen molar-refractivity contribution in [2.75, 3.05) is 23.9 Å². The van der Waals surface area contributed by atoms with Crippen molar-refractivity contribution in [3.8, 4) is 11.5 Å². The summed E-state index contributed by atoms with van der Waals surface area (Å²) in [6, 6.07) is 8.02. The Morgan fingerprint density at radius 3 is 2.30 bits per heavy atom. The molecule has 6 nitrogen and oxygen atoms in total. The standard InChI is InChI=1S/C20H18BrNO5/c1-3-26-14-7-5-6-12-17(14)20(25)18-13(19(12)24)8-11(22-16(23)10-21)9-15(18)27-4-2/h5-9H,3-4,10H2,1-2H3,(H,22,23). The summed E-state index contributed by atoms with van der Waals surface area (Å²) < 4.78 is 11.2. The van der Waals surface area contributed by atoms with Gasteiger partial charge in [-0.1, -0.05) is 28.1 Å². The molecule has 0 aromatic heterocycles. The van der Waals surface area contributed by atoms with E-state index in [-0.39, 0.29) is 50.8 Å². The average molecular weight is 432 g/mol. The van der Waals surface area contributed by atoms with Crippen LogP contribution >= 0.6 is 15.9 Å². The molecule has 2 aromatic carbocycles. The number of alkyl halides is 1. The number of carbonyl (C=O) groups is 3. The molecule has 0 unspecified atom stereocenters. The molecule has 0 radical (unpaired) electrons. The quantitative estimate of drug-likeness (QED) is 0.603. The fraction of sp³-hybridized carbons (Fsp3) is 0.250. The summed E-state index contributed by atoms with van der Waals surface area (Å²) in [5, 5.41) is 2.79. The lowest BCUT2D eigenvalue weighted by molar-refractivity contribution is -0.113. The number of anilines is 1. The maximum atomic E-state index is 13.2. The van der Waals surface area contributed by atoms with Crippen molar-refractivity contribution < 1.29 is 23.9 Å². The lowest BCUT2D eigenvalue weighted by Gasteiger charge is -2.23. The van der Waals surface area contributed by atoms with Gasteiger partial charge in [0.05, 0.1) is 29.7 Å². The zero-order chi connectivity index (χ0) is 19.6. The Bertz CT molecular complexity index is 938. The highest BCUT2D eigenvalue weighted by molar-refractivity contribution is 9.09. The Morgan fingerprint density at radius 1 is 0.963 bits per heavy atom. The number of ketones is 2. The SMILES string of the molecule is CCOc1cccc2c1C(=O)c1c(OCC)cc(NC(=O)CBr)cc1C2=O. The Hall–Kier alpha value is -2.67. The molecular formula is C20H18BrNO5. The molecule has 0 saturated heterocycles. The van der Waals surface area contributed by atoms with Crippen LogP contribution in [0.4, 0.5) is 5.69 Å². The van der Waals surface area contributed by atoms with Gasteiger partial charge in [-0.05, 0) is 26.0 Å². The monoisotopic (exact) mass is 431 g/mol. The molecule has 27 heavy (non-hydrogen) atoms. The van der Waals surface area contributed by atoms with Crippen LogP contribution in [0, 0.1) is 0 Å². The number of carbonyl (C=O) groups excluding carboxylic acids is 3. The number of hydrogen-bond acceptors (Lipinski definition) is 5. The molecule has 0 heterocycles. The highest BCUT2D eigenvalue weighted by Crippen LogP contribution is 2.39. The molecule has 0 atom stereocenters. The van der Waals surface area contributed by atoms with Gasteiger partial charge in [0.1, 0.15) is 11.5 Å². The van der Waals surface area contributed by atoms with Crippen LogP contribution < -0.4 is 14.8 Å². The van der Waals surface area contributed by atoms with E-state index in [9.17, 15) is 14.4 Å². The van der Waals surface area contributed by atoms with Crippen LogP contribution in [0.2, 0.25) is 0 Å². The van der Waals surface area contributed by atoms with E-state index in [0.717, 1.165) is 0 Å². The number of rotatable bonds is 6. The van der Waals surface area contributed by atoms with Crippen LogP contribution in [0.5, 0.6) is 11.5 Å². The maximum Gasteiger partial charge on any atom is 0.235 e. The summed E-state index contributed by atoms with van der Waals surface area (Å²) in [7, 11) is 0. The first-order chi connectivity index (χ1) is 13.0. The molecule has 1 aliphatic rings. The first-order valence-electron chi connectivity index (χ1n) is 8.53. The van der Waals surface area contributed by atoms with E-state index in [0.29, 0.717) is 24.7 Å². The fourth-order valence-electron chi connectivity index (χ4n) is 3.07. The van der Waals surface area contributed by atoms with Crippen LogP contribution in [0.3, 0.4) is 0 Å². The Balaban J connectivity index is 2.20. The summed E-state index contributed by atoms with van der Waals surface area (Å²) in [6.07, 6.45) is 0. The van der Waals surface area contributed by atoms with Gasteiger partial charge < -0.3 is 14.8 Å². The van der Waals surface area contributed by atoms with Gasteiger partial charge in [-0.25, -0.2) is 0 Å². The average Bonchev–Trinajstić information content (AvgIpc) is 2.66. The number of nitrogens with one attached hydrogen (secondary N) is 1. The molecule has 0 fully saturated rings. The van der Waals surface area contributed by atoms with Gasteiger partial charge in [0.2, 0.25) is 11.7 Å². The Kier molecular flexibility index (Phi) is 5.60. The third kappa shape index (κ3) is 3.47. The second-order valence-electron chi connectivity index (χ2n) is 5.78. The zero-order valence-corrected chi connectivity index (χ0v) is 16.5. The highest BCUT2D eigenvalue weighted by Gasteiger charge is 2.35. The molecule has 1 aliphatic carbocycles. The minimum atomic E-state index is -0.328. The van der Waals surface area contributed by atoms with Crippen molar-refractivity contribution in [3.05, 3.63) is 52.6 Å². The molecule has 3 rings (SSSR count). The molecule has 2 aromatic rings. The maximum absolute atomic E-state index is 13.2. The van der Waals surface area contributed by atoms with Crippen LogP contribution in [0.15, 0.2) is 30.3 Å². The largest absolute Gasteiger partial charge is 0.493 e. The van der Waals surface area contributed by atoms with Crippen molar-refractivity contribution in [3.63, 3.8) is 0 Å². The highest BCUT2D eigenvalue weighted by atomic mass is 79.9. The topological polar surface area (TPSA) is 81.7 Å². The second-order valence-corrected chi connectivity index (χ2v) is 6.34. The van der Waals surface area contributed by atoms with Crippen molar-refractivity contribution >= 4 is 39.1 Å². The molecular weight excluding hydrogens is 414 g/mol. The molecule has 1 N–H and O–H groups in total. The van der Waals surface area contributed by atoms with Gasteiger partial charge >= 0.3 is 0 Å². The van der Waals surface area contributed by atoms with Gasteiger partial charge in [0.25, 0.3) is 0 Å². The predicted molar refractivity (Wildman–Crippen MR) is 105 cm³/mol. The number of halogens is 1. The zero-order valence-electron chi connectivity index (χ0n) is 14.9. The van der Waals surface area contributed by atoms with E-state index in [1.54, 1.807) is 31.2 Å². The third-order valence-electron chi connectivity index (χ3n) is 4.08. The summed E-state index contributed by atoms with van der Waals surface area (Å²) in [4.78, 5) is 38.0. The molecule has 0 spiro atoms. The van der Waals surface area contributed by atoms with Gasteiger partial charge in [-0.2, -0.15) is 0 Å². The van der Waals surface area contributed by atoms with E-state index in [4.69, 9.17) is 9.47 Å². The molecule has 7 heteroatoms.